The number of phenols is 1. The van der Waals surface area contributed by atoms with Crippen molar-refractivity contribution in [3.63, 3.8) is 0 Å². The van der Waals surface area contributed by atoms with Gasteiger partial charge in [-0.1, -0.05) is 42.0 Å². The molecular weight excluding hydrogens is 246 g/mol. The first-order chi connectivity index (χ1) is 9.67. The smallest absolute Gasteiger partial charge is 0.115 e. The van der Waals surface area contributed by atoms with E-state index in [0.717, 1.165) is 19.4 Å². The summed E-state index contributed by atoms with van der Waals surface area (Å²) in [4.78, 5) is 0. The van der Waals surface area contributed by atoms with Gasteiger partial charge < -0.3 is 10.4 Å². The summed E-state index contributed by atoms with van der Waals surface area (Å²) >= 11 is 0. The highest BCUT2D eigenvalue weighted by atomic mass is 16.3. The molecule has 0 aromatic heterocycles. The summed E-state index contributed by atoms with van der Waals surface area (Å²) in [6.07, 6.45) is 2.09. The topological polar surface area (TPSA) is 32.3 Å². The minimum Gasteiger partial charge on any atom is -0.508 e. The van der Waals surface area contributed by atoms with Crippen LogP contribution in [0.3, 0.4) is 0 Å². The first kappa shape index (κ1) is 14.6. The predicted octanol–water partition coefficient (Wildman–Crippen LogP) is 3.32. The van der Waals surface area contributed by atoms with Crippen LogP contribution >= 0.6 is 0 Å². The van der Waals surface area contributed by atoms with E-state index in [4.69, 9.17) is 0 Å². The van der Waals surface area contributed by atoms with Crippen molar-refractivity contribution in [2.75, 3.05) is 13.6 Å². The van der Waals surface area contributed by atoms with Gasteiger partial charge in [0.05, 0.1) is 0 Å². The van der Waals surface area contributed by atoms with Crippen molar-refractivity contribution in [1.29, 1.82) is 0 Å². The molecule has 2 nitrogen and oxygen atoms in total. The summed E-state index contributed by atoms with van der Waals surface area (Å²) in [5.41, 5.74) is 3.96. The third-order valence-corrected chi connectivity index (χ3v) is 3.60. The highest BCUT2D eigenvalue weighted by Gasteiger charge is 2.10. The van der Waals surface area contributed by atoms with Crippen LogP contribution in [0.1, 0.15) is 16.7 Å². The molecule has 0 bridgehead atoms. The largest absolute Gasteiger partial charge is 0.508 e. The standard InChI is InChI=1S/C18H23NO/c1-14-3-5-15(6-4-14)11-17(13-19-2)12-16-7-9-18(20)10-8-16/h3-10,17,19-20H,11-13H2,1-2H3. The van der Waals surface area contributed by atoms with Gasteiger partial charge in [0.15, 0.2) is 0 Å². The van der Waals surface area contributed by atoms with Crippen LogP contribution in [0, 0.1) is 12.8 Å². The van der Waals surface area contributed by atoms with Crippen molar-refractivity contribution in [3.05, 3.63) is 65.2 Å². The van der Waals surface area contributed by atoms with E-state index in [9.17, 15) is 5.11 Å². The van der Waals surface area contributed by atoms with Crippen molar-refractivity contribution in [3.8, 4) is 5.75 Å². The summed E-state index contributed by atoms with van der Waals surface area (Å²) < 4.78 is 0. The lowest BCUT2D eigenvalue weighted by Gasteiger charge is -2.17. The Kier molecular flexibility index (Phi) is 5.19. The van der Waals surface area contributed by atoms with Crippen LogP contribution in [-0.2, 0) is 12.8 Å². The van der Waals surface area contributed by atoms with E-state index < -0.39 is 0 Å². The molecule has 0 radical (unpaired) electrons. The number of rotatable bonds is 6. The van der Waals surface area contributed by atoms with Gasteiger partial charge in [0.1, 0.15) is 5.75 Å². The fraction of sp³-hybridized carbons (Fsp3) is 0.333. The Hall–Kier alpha value is -1.80. The minimum atomic E-state index is 0.331. The summed E-state index contributed by atoms with van der Waals surface area (Å²) in [6, 6.07) is 16.3. The van der Waals surface area contributed by atoms with Gasteiger partial charge in [-0.05, 0) is 62.5 Å². The number of hydrogen-bond donors (Lipinski definition) is 2. The summed E-state index contributed by atoms with van der Waals surface area (Å²) in [6.45, 7) is 3.11. The van der Waals surface area contributed by atoms with Crippen LogP contribution in [0.4, 0.5) is 0 Å². The zero-order chi connectivity index (χ0) is 14.4. The minimum absolute atomic E-state index is 0.331. The molecule has 2 N–H and O–H groups in total. The van der Waals surface area contributed by atoms with Gasteiger partial charge in [0.25, 0.3) is 0 Å². The Morgan fingerprint density at radius 3 is 1.90 bits per heavy atom. The van der Waals surface area contributed by atoms with Crippen molar-refractivity contribution in [1.82, 2.24) is 5.32 Å². The Bertz CT molecular complexity index is 469. The second-order valence-corrected chi connectivity index (χ2v) is 5.48. The lowest BCUT2D eigenvalue weighted by molar-refractivity contribution is 0.473. The number of hydrogen-bond acceptors (Lipinski definition) is 2. The molecule has 0 fully saturated rings. The van der Waals surface area contributed by atoms with Crippen LogP contribution < -0.4 is 5.32 Å². The molecule has 2 rings (SSSR count). The zero-order valence-electron chi connectivity index (χ0n) is 12.3. The molecule has 0 saturated carbocycles. The van der Waals surface area contributed by atoms with Crippen LogP contribution in [0.5, 0.6) is 5.75 Å². The molecule has 106 valence electrons. The molecule has 1 atom stereocenters. The molecule has 0 aliphatic heterocycles. The van der Waals surface area contributed by atoms with E-state index in [1.165, 1.54) is 16.7 Å². The summed E-state index contributed by atoms with van der Waals surface area (Å²) in [5.74, 6) is 0.893. The average Bonchev–Trinajstić information content (AvgIpc) is 2.44. The zero-order valence-corrected chi connectivity index (χ0v) is 12.3. The number of aryl methyl sites for hydroxylation is 1. The maximum Gasteiger partial charge on any atom is 0.115 e. The molecule has 0 spiro atoms. The second kappa shape index (κ2) is 7.11. The monoisotopic (exact) mass is 269 g/mol. The van der Waals surface area contributed by atoms with Crippen molar-refractivity contribution in [2.45, 2.75) is 19.8 Å². The highest BCUT2D eigenvalue weighted by Crippen LogP contribution is 2.17. The summed E-state index contributed by atoms with van der Waals surface area (Å²) in [7, 11) is 2.00. The molecule has 20 heavy (non-hydrogen) atoms. The molecule has 0 aliphatic carbocycles. The van der Waals surface area contributed by atoms with Gasteiger partial charge in [-0.15, -0.1) is 0 Å². The van der Waals surface area contributed by atoms with Crippen LogP contribution in [0.25, 0.3) is 0 Å². The maximum atomic E-state index is 9.34. The molecule has 0 aliphatic rings. The lowest BCUT2D eigenvalue weighted by atomic mass is 9.92. The van der Waals surface area contributed by atoms with Crippen molar-refractivity contribution in [2.24, 2.45) is 5.92 Å². The normalized spacial score (nSPS) is 12.3. The fourth-order valence-corrected chi connectivity index (χ4v) is 2.53. The van der Waals surface area contributed by atoms with Gasteiger partial charge in [-0.2, -0.15) is 0 Å². The Morgan fingerprint density at radius 1 is 0.900 bits per heavy atom. The number of aromatic hydroxyl groups is 1. The molecule has 2 heteroatoms. The van der Waals surface area contributed by atoms with Crippen LogP contribution in [0.15, 0.2) is 48.5 Å². The van der Waals surface area contributed by atoms with Crippen molar-refractivity contribution < 1.29 is 5.11 Å². The molecule has 2 aromatic rings. The van der Waals surface area contributed by atoms with Gasteiger partial charge in [-0.25, -0.2) is 0 Å². The number of benzene rings is 2. The molecule has 0 saturated heterocycles. The SMILES string of the molecule is CNCC(Cc1ccc(C)cc1)Cc1ccc(O)cc1. The first-order valence-electron chi connectivity index (χ1n) is 7.15. The molecule has 2 aromatic carbocycles. The fourth-order valence-electron chi connectivity index (χ4n) is 2.53. The second-order valence-electron chi connectivity index (χ2n) is 5.48. The van der Waals surface area contributed by atoms with Gasteiger partial charge in [-0.3, -0.25) is 0 Å². The van der Waals surface area contributed by atoms with Gasteiger partial charge in [0.2, 0.25) is 0 Å². The Balaban J connectivity index is 2.02. The van der Waals surface area contributed by atoms with E-state index in [1.807, 2.05) is 19.2 Å². The Labute approximate surface area is 121 Å². The van der Waals surface area contributed by atoms with Gasteiger partial charge in [0, 0.05) is 0 Å². The average molecular weight is 269 g/mol. The van der Waals surface area contributed by atoms with E-state index in [-0.39, 0.29) is 0 Å². The molecule has 0 heterocycles. The molecule has 1 unspecified atom stereocenters. The number of phenolic OH excluding ortho intramolecular Hbond substituents is 1. The Morgan fingerprint density at radius 2 is 1.40 bits per heavy atom. The molecule has 0 amide bonds. The van der Waals surface area contributed by atoms with Crippen LogP contribution in [-0.4, -0.2) is 18.7 Å². The predicted molar refractivity (Wildman–Crippen MR) is 84.1 cm³/mol. The summed E-state index contributed by atoms with van der Waals surface area (Å²) in [5, 5.41) is 12.6. The van der Waals surface area contributed by atoms with E-state index in [0.29, 0.717) is 11.7 Å². The quantitative estimate of drug-likeness (QED) is 0.843. The third kappa shape index (κ3) is 4.39. The number of nitrogens with one attached hydrogen (secondary N) is 1. The van der Waals surface area contributed by atoms with E-state index in [1.54, 1.807) is 12.1 Å². The van der Waals surface area contributed by atoms with Gasteiger partial charge >= 0.3 is 0 Å². The van der Waals surface area contributed by atoms with E-state index in [2.05, 4.69) is 36.5 Å². The van der Waals surface area contributed by atoms with E-state index >= 15 is 0 Å². The highest BCUT2D eigenvalue weighted by molar-refractivity contribution is 5.27. The third-order valence-electron chi connectivity index (χ3n) is 3.60. The van der Waals surface area contributed by atoms with Crippen LogP contribution in [0.2, 0.25) is 0 Å². The lowest BCUT2D eigenvalue weighted by Crippen LogP contribution is -2.22. The maximum absolute atomic E-state index is 9.34. The first-order valence-corrected chi connectivity index (χ1v) is 7.15. The van der Waals surface area contributed by atoms with Crippen molar-refractivity contribution >= 4 is 0 Å². The molecular formula is C18H23NO.